The Labute approximate surface area is 380 Å². The van der Waals surface area contributed by atoms with E-state index in [2.05, 4.69) is 250 Å². The molecule has 64 heavy (non-hydrogen) atoms. The highest BCUT2D eigenvalue weighted by molar-refractivity contribution is 6.27. The standard InChI is InChI=1S/C62H62N2/c1-59(2,3)42-27-33-54-48(35-42)49-36-43(60(4,5)6)28-34-55(49)64(54)53-32-26-41-23-29-45-52(31-25-40-24-30-46(53)58(41)57(40)45)63(44-21-17-14-18-22-44)56-38-50(61(7,8)9)47(37-51(56)62(10,11)12)39-19-15-13-16-20-39/h13-38H,1-12H3. The van der Waals surface area contributed by atoms with Crippen LogP contribution in [0.25, 0.3) is 70.9 Å². The summed E-state index contributed by atoms with van der Waals surface area (Å²) in [5, 5.41) is 10.2. The molecular formula is C62H62N2. The van der Waals surface area contributed by atoms with Crippen molar-refractivity contribution in [3.05, 3.63) is 180 Å². The molecule has 2 nitrogen and oxygen atoms in total. The summed E-state index contributed by atoms with van der Waals surface area (Å²) in [7, 11) is 0. The van der Waals surface area contributed by atoms with Crippen molar-refractivity contribution in [2.45, 2.75) is 105 Å². The molecule has 0 N–H and O–H groups in total. The van der Waals surface area contributed by atoms with Gasteiger partial charge in [0.2, 0.25) is 0 Å². The van der Waals surface area contributed by atoms with E-state index in [1.165, 1.54) is 105 Å². The summed E-state index contributed by atoms with van der Waals surface area (Å²) in [6, 6.07) is 60.1. The molecule has 2 heteroatoms. The second-order valence-corrected chi connectivity index (χ2v) is 22.3. The predicted molar refractivity (Wildman–Crippen MR) is 279 cm³/mol. The van der Waals surface area contributed by atoms with Crippen molar-refractivity contribution < 1.29 is 0 Å². The maximum absolute atomic E-state index is 2.55. The SMILES string of the molecule is CC(C)(C)c1ccc2c(c1)c1cc(C(C)(C)C)ccc1n2-c1ccc2ccc3c(N(c4ccccc4)c4cc(C(C)(C)C)c(-c5ccccc5)cc4C(C)(C)C)ccc4ccc1c2c43. The number of hydrogen-bond acceptors (Lipinski definition) is 1. The van der Waals surface area contributed by atoms with Crippen LogP contribution in [0, 0.1) is 0 Å². The van der Waals surface area contributed by atoms with E-state index in [0.29, 0.717) is 0 Å². The molecule has 0 amide bonds. The highest BCUT2D eigenvalue weighted by atomic mass is 15.1. The van der Waals surface area contributed by atoms with E-state index in [-0.39, 0.29) is 21.7 Å². The van der Waals surface area contributed by atoms with Crippen LogP contribution in [-0.4, -0.2) is 4.57 Å². The van der Waals surface area contributed by atoms with Gasteiger partial charge in [0.25, 0.3) is 0 Å². The molecule has 0 aliphatic heterocycles. The monoisotopic (exact) mass is 834 g/mol. The first kappa shape index (κ1) is 41.6. The van der Waals surface area contributed by atoms with Crippen LogP contribution in [0.15, 0.2) is 158 Å². The molecular weight excluding hydrogens is 773 g/mol. The van der Waals surface area contributed by atoms with E-state index < -0.39 is 0 Å². The predicted octanol–water partition coefficient (Wildman–Crippen LogP) is 18.0. The van der Waals surface area contributed by atoms with E-state index >= 15 is 0 Å². The zero-order valence-corrected chi connectivity index (χ0v) is 39.9. The third kappa shape index (κ3) is 6.85. The molecule has 0 fully saturated rings. The van der Waals surface area contributed by atoms with Gasteiger partial charge in [-0.25, -0.2) is 0 Å². The lowest BCUT2D eigenvalue weighted by molar-refractivity contribution is 0.579. The molecule has 0 unspecified atom stereocenters. The summed E-state index contributed by atoms with van der Waals surface area (Å²) in [5.41, 5.74) is 14.9. The van der Waals surface area contributed by atoms with Gasteiger partial charge in [0, 0.05) is 27.2 Å². The molecule has 1 aromatic heterocycles. The minimum Gasteiger partial charge on any atom is -0.310 e. The van der Waals surface area contributed by atoms with Crippen molar-refractivity contribution in [1.29, 1.82) is 0 Å². The number of hydrogen-bond donors (Lipinski definition) is 0. The van der Waals surface area contributed by atoms with Crippen LogP contribution in [0.2, 0.25) is 0 Å². The van der Waals surface area contributed by atoms with Crippen molar-refractivity contribution in [3.63, 3.8) is 0 Å². The Morgan fingerprint density at radius 3 is 1.42 bits per heavy atom. The fraction of sp³-hybridized carbons (Fsp3) is 0.258. The third-order valence-corrected chi connectivity index (χ3v) is 13.7. The smallest absolute Gasteiger partial charge is 0.0541 e. The maximum atomic E-state index is 2.55. The Kier molecular flexibility index (Phi) is 9.48. The van der Waals surface area contributed by atoms with Crippen molar-refractivity contribution in [3.8, 4) is 16.8 Å². The first-order valence-electron chi connectivity index (χ1n) is 23.2. The molecule has 0 spiro atoms. The number of nitrogens with zero attached hydrogens (tertiary/aromatic N) is 2. The lowest BCUT2D eigenvalue weighted by Gasteiger charge is -2.36. The van der Waals surface area contributed by atoms with Crippen molar-refractivity contribution in [1.82, 2.24) is 4.57 Å². The van der Waals surface area contributed by atoms with Crippen LogP contribution in [-0.2, 0) is 21.7 Å². The van der Waals surface area contributed by atoms with Crippen LogP contribution in [0.1, 0.15) is 105 Å². The molecule has 9 aromatic carbocycles. The van der Waals surface area contributed by atoms with Gasteiger partial charge in [-0.15, -0.1) is 0 Å². The number of fused-ring (bicyclic) bond motifs is 3. The lowest BCUT2D eigenvalue weighted by Crippen LogP contribution is -2.22. The van der Waals surface area contributed by atoms with E-state index in [0.717, 1.165) is 5.69 Å². The zero-order valence-electron chi connectivity index (χ0n) is 39.9. The van der Waals surface area contributed by atoms with Crippen LogP contribution in [0.3, 0.4) is 0 Å². The molecule has 10 aromatic rings. The van der Waals surface area contributed by atoms with Crippen LogP contribution in [0.4, 0.5) is 17.1 Å². The first-order valence-corrected chi connectivity index (χ1v) is 23.2. The second-order valence-electron chi connectivity index (χ2n) is 22.3. The Bertz CT molecular complexity index is 3320. The fourth-order valence-corrected chi connectivity index (χ4v) is 10.2. The van der Waals surface area contributed by atoms with Gasteiger partial charge in [0.15, 0.2) is 0 Å². The summed E-state index contributed by atoms with van der Waals surface area (Å²) in [6.45, 7) is 28.0. The summed E-state index contributed by atoms with van der Waals surface area (Å²) in [5.74, 6) is 0. The summed E-state index contributed by atoms with van der Waals surface area (Å²) in [6.07, 6.45) is 0. The lowest BCUT2D eigenvalue weighted by atomic mass is 9.76. The number of benzene rings is 9. The number of aromatic nitrogens is 1. The second kappa shape index (κ2) is 14.6. The number of rotatable bonds is 5. The summed E-state index contributed by atoms with van der Waals surface area (Å²) >= 11 is 0. The largest absolute Gasteiger partial charge is 0.310 e. The average molecular weight is 835 g/mol. The van der Waals surface area contributed by atoms with Crippen LogP contribution >= 0.6 is 0 Å². The molecule has 0 radical (unpaired) electrons. The van der Waals surface area contributed by atoms with Crippen LogP contribution < -0.4 is 4.90 Å². The third-order valence-electron chi connectivity index (χ3n) is 13.7. The van der Waals surface area contributed by atoms with Gasteiger partial charge >= 0.3 is 0 Å². The molecule has 0 bridgehead atoms. The van der Waals surface area contributed by atoms with E-state index in [4.69, 9.17) is 0 Å². The molecule has 0 atom stereocenters. The minimum atomic E-state index is -0.148. The Balaban J connectivity index is 1.27. The van der Waals surface area contributed by atoms with Gasteiger partial charge < -0.3 is 9.47 Å². The highest BCUT2D eigenvalue weighted by Gasteiger charge is 2.30. The number of anilines is 3. The molecule has 0 aliphatic rings. The summed E-state index contributed by atoms with van der Waals surface area (Å²) in [4.78, 5) is 2.55. The maximum Gasteiger partial charge on any atom is 0.0541 e. The average Bonchev–Trinajstić information content (AvgIpc) is 3.58. The summed E-state index contributed by atoms with van der Waals surface area (Å²) < 4.78 is 2.53. The van der Waals surface area contributed by atoms with E-state index in [1.807, 2.05) is 0 Å². The fourth-order valence-electron chi connectivity index (χ4n) is 10.2. The van der Waals surface area contributed by atoms with E-state index in [9.17, 15) is 0 Å². The van der Waals surface area contributed by atoms with Crippen molar-refractivity contribution in [2.75, 3.05) is 4.90 Å². The molecule has 320 valence electrons. The van der Waals surface area contributed by atoms with Crippen molar-refractivity contribution in [2.24, 2.45) is 0 Å². The Hall–Kier alpha value is -6.38. The van der Waals surface area contributed by atoms with Gasteiger partial charge in [-0.05, 0) is 137 Å². The first-order chi connectivity index (χ1) is 30.3. The Morgan fingerprint density at radius 1 is 0.375 bits per heavy atom. The molecule has 0 saturated carbocycles. The topological polar surface area (TPSA) is 8.17 Å². The van der Waals surface area contributed by atoms with Crippen molar-refractivity contribution >= 4 is 71.2 Å². The quantitative estimate of drug-likeness (QED) is 0.157. The van der Waals surface area contributed by atoms with Gasteiger partial charge in [-0.1, -0.05) is 180 Å². The molecule has 0 aliphatic carbocycles. The normalized spacial score (nSPS) is 13.0. The van der Waals surface area contributed by atoms with Gasteiger partial charge in [0.1, 0.15) is 0 Å². The molecule has 1 heterocycles. The highest BCUT2D eigenvalue weighted by Crippen LogP contribution is 2.50. The van der Waals surface area contributed by atoms with Gasteiger partial charge in [-0.2, -0.15) is 0 Å². The van der Waals surface area contributed by atoms with Crippen LogP contribution in [0.5, 0.6) is 0 Å². The number of para-hydroxylation sites is 1. The van der Waals surface area contributed by atoms with Gasteiger partial charge in [0.05, 0.1) is 28.1 Å². The Morgan fingerprint density at radius 2 is 0.875 bits per heavy atom. The zero-order chi connectivity index (χ0) is 45.1. The molecule has 0 saturated heterocycles. The van der Waals surface area contributed by atoms with Gasteiger partial charge in [-0.3, -0.25) is 0 Å². The minimum absolute atomic E-state index is 0.0362. The molecule has 10 rings (SSSR count). The van der Waals surface area contributed by atoms with E-state index in [1.54, 1.807) is 0 Å².